The van der Waals surface area contributed by atoms with Gasteiger partial charge in [-0.3, -0.25) is 0 Å². The van der Waals surface area contributed by atoms with E-state index in [0.29, 0.717) is 0 Å². The third kappa shape index (κ3) is 2.49. The average molecular weight is 166 g/mol. The molecule has 1 heteroatoms. The second-order valence-corrected chi connectivity index (χ2v) is 4.43. The van der Waals surface area contributed by atoms with Gasteiger partial charge in [-0.1, -0.05) is 31.6 Å². The molecule has 0 aromatic carbocycles. The smallest absolute Gasteiger partial charge is 0.0728 e. The third-order valence-electron chi connectivity index (χ3n) is 2.30. The second-order valence-electron chi connectivity index (χ2n) is 4.43. The zero-order valence-corrected chi connectivity index (χ0v) is 8.01. The Hall–Kier alpha value is -0.560. The summed E-state index contributed by atoms with van der Waals surface area (Å²) < 4.78 is 0. The molecule has 0 aliphatic heterocycles. The van der Waals surface area contributed by atoms with Gasteiger partial charge in [-0.15, -0.1) is 6.58 Å². The Bertz CT molecular complexity index is 201. The van der Waals surface area contributed by atoms with Crippen LogP contribution in [0.3, 0.4) is 0 Å². The van der Waals surface area contributed by atoms with Crippen molar-refractivity contribution in [1.29, 1.82) is 0 Å². The number of aliphatic hydroxyl groups excluding tert-OH is 1. The van der Waals surface area contributed by atoms with E-state index in [0.717, 1.165) is 19.3 Å². The van der Waals surface area contributed by atoms with Crippen LogP contribution in [-0.2, 0) is 0 Å². The summed E-state index contributed by atoms with van der Waals surface area (Å²) in [4.78, 5) is 0. The first-order valence-corrected chi connectivity index (χ1v) is 4.52. The lowest BCUT2D eigenvalue weighted by Gasteiger charge is -2.32. The maximum Gasteiger partial charge on any atom is 0.0728 e. The lowest BCUT2D eigenvalue weighted by molar-refractivity contribution is 0.138. The highest BCUT2D eigenvalue weighted by atomic mass is 16.3. The molecule has 0 bridgehead atoms. The van der Waals surface area contributed by atoms with Gasteiger partial charge in [0.15, 0.2) is 0 Å². The number of hydrogen-bond acceptors (Lipinski definition) is 1. The Labute approximate surface area is 74.8 Å². The van der Waals surface area contributed by atoms with Crippen LogP contribution in [0.5, 0.6) is 0 Å². The SMILES string of the molecule is C=CCC1=CC(O)CC(C)(C)C1. The molecular formula is C11H18O. The normalized spacial score (nSPS) is 27.9. The van der Waals surface area contributed by atoms with Crippen molar-refractivity contribution in [1.82, 2.24) is 0 Å². The van der Waals surface area contributed by atoms with Gasteiger partial charge < -0.3 is 5.11 Å². The number of hydrogen-bond donors (Lipinski definition) is 1. The monoisotopic (exact) mass is 166 g/mol. The van der Waals surface area contributed by atoms with Gasteiger partial charge in [0.25, 0.3) is 0 Å². The molecule has 0 heterocycles. The molecule has 12 heavy (non-hydrogen) atoms. The Morgan fingerprint density at radius 2 is 2.42 bits per heavy atom. The van der Waals surface area contributed by atoms with Crippen LogP contribution in [-0.4, -0.2) is 11.2 Å². The molecule has 1 aliphatic rings. The van der Waals surface area contributed by atoms with E-state index < -0.39 is 0 Å². The van der Waals surface area contributed by atoms with E-state index in [1.54, 1.807) is 0 Å². The molecule has 1 rings (SSSR count). The number of allylic oxidation sites excluding steroid dienone is 2. The van der Waals surface area contributed by atoms with Crippen molar-refractivity contribution < 1.29 is 5.11 Å². The predicted molar refractivity (Wildman–Crippen MR) is 51.9 cm³/mol. The Morgan fingerprint density at radius 1 is 1.75 bits per heavy atom. The highest BCUT2D eigenvalue weighted by Crippen LogP contribution is 2.36. The van der Waals surface area contributed by atoms with E-state index in [1.165, 1.54) is 5.57 Å². The van der Waals surface area contributed by atoms with E-state index in [-0.39, 0.29) is 11.5 Å². The van der Waals surface area contributed by atoms with Crippen molar-refractivity contribution in [2.24, 2.45) is 5.41 Å². The fourth-order valence-corrected chi connectivity index (χ4v) is 1.97. The Balaban J connectivity index is 2.69. The van der Waals surface area contributed by atoms with Crippen LogP contribution in [0.4, 0.5) is 0 Å². The molecule has 1 unspecified atom stereocenters. The minimum atomic E-state index is -0.247. The van der Waals surface area contributed by atoms with Crippen molar-refractivity contribution in [2.75, 3.05) is 0 Å². The molecule has 1 atom stereocenters. The van der Waals surface area contributed by atoms with Crippen LogP contribution >= 0.6 is 0 Å². The van der Waals surface area contributed by atoms with E-state index >= 15 is 0 Å². The summed E-state index contributed by atoms with van der Waals surface area (Å²) >= 11 is 0. The maximum atomic E-state index is 9.53. The summed E-state index contributed by atoms with van der Waals surface area (Å²) in [5.74, 6) is 0. The van der Waals surface area contributed by atoms with Crippen molar-refractivity contribution in [2.45, 2.75) is 39.2 Å². The topological polar surface area (TPSA) is 20.2 Å². The minimum Gasteiger partial charge on any atom is -0.389 e. The van der Waals surface area contributed by atoms with Crippen LogP contribution in [0.2, 0.25) is 0 Å². The molecule has 0 saturated heterocycles. The summed E-state index contributed by atoms with van der Waals surface area (Å²) in [6.45, 7) is 8.11. The van der Waals surface area contributed by atoms with Gasteiger partial charge >= 0.3 is 0 Å². The first-order valence-electron chi connectivity index (χ1n) is 4.52. The quantitative estimate of drug-likeness (QED) is 0.625. The van der Waals surface area contributed by atoms with Gasteiger partial charge in [0.05, 0.1) is 6.10 Å². The molecule has 0 aromatic heterocycles. The average Bonchev–Trinajstić information content (AvgIpc) is 1.82. The molecule has 68 valence electrons. The molecule has 1 N–H and O–H groups in total. The highest BCUT2D eigenvalue weighted by molar-refractivity contribution is 5.15. The fraction of sp³-hybridized carbons (Fsp3) is 0.636. The van der Waals surface area contributed by atoms with Gasteiger partial charge in [0.1, 0.15) is 0 Å². The summed E-state index contributed by atoms with van der Waals surface area (Å²) in [5, 5.41) is 9.53. The fourth-order valence-electron chi connectivity index (χ4n) is 1.97. The van der Waals surface area contributed by atoms with Gasteiger partial charge in [0.2, 0.25) is 0 Å². The van der Waals surface area contributed by atoms with Gasteiger partial charge in [0, 0.05) is 0 Å². The summed E-state index contributed by atoms with van der Waals surface area (Å²) in [5.41, 5.74) is 1.58. The second kappa shape index (κ2) is 3.44. The van der Waals surface area contributed by atoms with Gasteiger partial charge in [-0.05, 0) is 24.7 Å². The van der Waals surface area contributed by atoms with E-state index in [4.69, 9.17) is 0 Å². The van der Waals surface area contributed by atoms with E-state index in [1.807, 2.05) is 12.2 Å². The van der Waals surface area contributed by atoms with Crippen molar-refractivity contribution in [3.63, 3.8) is 0 Å². The van der Waals surface area contributed by atoms with Gasteiger partial charge in [-0.25, -0.2) is 0 Å². The molecule has 1 aliphatic carbocycles. The van der Waals surface area contributed by atoms with Crippen molar-refractivity contribution in [3.05, 3.63) is 24.3 Å². The molecule has 0 amide bonds. The van der Waals surface area contributed by atoms with Crippen LogP contribution < -0.4 is 0 Å². The van der Waals surface area contributed by atoms with Gasteiger partial charge in [-0.2, -0.15) is 0 Å². The maximum absolute atomic E-state index is 9.53. The van der Waals surface area contributed by atoms with Crippen LogP contribution in [0.25, 0.3) is 0 Å². The molecule has 0 radical (unpaired) electrons. The minimum absolute atomic E-state index is 0.247. The van der Waals surface area contributed by atoms with Crippen LogP contribution in [0.15, 0.2) is 24.3 Å². The molecule has 0 fully saturated rings. The summed E-state index contributed by atoms with van der Waals surface area (Å²) in [6, 6.07) is 0. The van der Waals surface area contributed by atoms with Crippen molar-refractivity contribution in [3.8, 4) is 0 Å². The zero-order chi connectivity index (χ0) is 9.19. The molecule has 0 spiro atoms. The summed E-state index contributed by atoms with van der Waals surface area (Å²) in [6.07, 6.45) is 6.53. The lowest BCUT2D eigenvalue weighted by atomic mass is 9.75. The van der Waals surface area contributed by atoms with E-state index in [9.17, 15) is 5.11 Å². The molecular weight excluding hydrogens is 148 g/mol. The first-order chi connectivity index (χ1) is 5.53. The lowest BCUT2D eigenvalue weighted by Crippen LogP contribution is -2.24. The Morgan fingerprint density at radius 3 is 2.92 bits per heavy atom. The standard InChI is InChI=1S/C11H18O/c1-4-5-9-6-10(12)8-11(2,3)7-9/h4,6,10,12H,1,5,7-8H2,2-3H3. The largest absolute Gasteiger partial charge is 0.389 e. The van der Waals surface area contributed by atoms with Crippen LogP contribution in [0.1, 0.15) is 33.1 Å². The van der Waals surface area contributed by atoms with E-state index in [2.05, 4.69) is 20.4 Å². The highest BCUT2D eigenvalue weighted by Gasteiger charge is 2.26. The zero-order valence-electron chi connectivity index (χ0n) is 8.01. The third-order valence-corrected chi connectivity index (χ3v) is 2.30. The van der Waals surface area contributed by atoms with Crippen molar-refractivity contribution >= 4 is 0 Å². The number of aliphatic hydroxyl groups is 1. The Kier molecular flexibility index (Phi) is 2.73. The molecule has 0 aromatic rings. The summed E-state index contributed by atoms with van der Waals surface area (Å²) in [7, 11) is 0. The number of rotatable bonds is 2. The van der Waals surface area contributed by atoms with Crippen LogP contribution in [0, 0.1) is 5.41 Å². The molecule has 1 nitrogen and oxygen atoms in total. The first kappa shape index (κ1) is 9.53. The predicted octanol–water partition coefficient (Wildman–Crippen LogP) is 2.67. The molecule has 0 saturated carbocycles.